The summed E-state index contributed by atoms with van der Waals surface area (Å²) in [6.45, 7) is 1.21. The molecule has 0 spiro atoms. The van der Waals surface area contributed by atoms with Crippen molar-refractivity contribution in [1.82, 2.24) is 14.3 Å². The Morgan fingerprint density at radius 3 is 3.11 bits per heavy atom. The van der Waals surface area contributed by atoms with Crippen molar-refractivity contribution < 1.29 is 4.74 Å². The topological polar surface area (TPSA) is 29.8 Å². The van der Waals surface area contributed by atoms with Crippen LogP contribution in [0, 0.1) is 0 Å². The summed E-state index contributed by atoms with van der Waals surface area (Å²) in [4.78, 5) is 6.98. The third kappa shape index (κ3) is 1.97. The van der Waals surface area contributed by atoms with Gasteiger partial charge in [0.25, 0.3) is 0 Å². The van der Waals surface area contributed by atoms with E-state index in [1.54, 1.807) is 7.11 Å². The first kappa shape index (κ1) is 11.5. The van der Waals surface area contributed by atoms with Gasteiger partial charge < -0.3 is 14.0 Å². The molecule has 0 radical (unpaired) electrons. The number of hydrogen-bond acceptors (Lipinski definition) is 3. The molecule has 1 saturated heterocycles. The number of methoxy groups -OCH3 is 1. The van der Waals surface area contributed by atoms with Gasteiger partial charge in [-0.2, -0.15) is 0 Å². The Labute approximate surface area is 107 Å². The predicted molar refractivity (Wildman–Crippen MR) is 71.1 cm³/mol. The Morgan fingerprint density at radius 1 is 1.50 bits per heavy atom. The second-order valence-electron chi connectivity index (χ2n) is 5.02. The van der Waals surface area contributed by atoms with Gasteiger partial charge in [-0.15, -0.1) is 0 Å². The van der Waals surface area contributed by atoms with Crippen LogP contribution in [0.1, 0.15) is 18.7 Å². The van der Waals surface area contributed by atoms with Crippen molar-refractivity contribution >= 4 is 5.52 Å². The molecule has 1 fully saturated rings. The Morgan fingerprint density at radius 2 is 2.39 bits per heavy atom. The number of rotatable bonds is 3. The average molecular weight is 245 g/mol. The Balaban J connectivity index is 1.88. The minimum atomic E-state index is 0.637. The van der Waals surface area contributed by atoms with Gasteiger partial charge in [-0.3, -0.25) is 0 Å². The van der Waals surface area contributed by atoms with Crippen molar-refractivity contribution in [2.75, 3.05) is 20.7 Å². The molecule has 0 bridgehead atoms. The summed E-state index contributed by atoms with van der Waals surface area (Å²) in [7, 11) is 3.90. The van der Waals surface area contributed by atoms with Crippen molar-refractivity contribution in [2.45, 2.75) is 25.3 Å². The van der Waals surface area contributed by atoms with Gasteiger partial charge >= 0.3 is 0 Å². The fraction of sp³-hybridized carbons (Fsp3) is 0.500. The zero-order chi connectivity index (χ0) is 12.5. The van der Waals surface area contributed by atoms with Crippen LogP contribution in [0.3, 0.4) is 0 Å². The number of likely N-dealkylation sites (N-methyl/N-ethyl adjacent to an activating group) is 1. The van der Waals surface area contributed by atoms with Gasteiger partial charge in [0.15, 0.2) is 0 Å². The zero-order valence-electron chi connectivity index (χ0n) is 11.0. The van der Waals surface area contributed by atoms with Crippen molar-refractivity contribution in [2.24, 2.45) is 0 Å². The van der Waals surface area contributed by atoms with Crippen LogP contribution in [-0.2, 0) is 6.42 Å². The normalized spacial score (nSPS) is 20.7. The molecule has 0 amide bonds. The molecule has 0 saturated carbocycles. The highest BCUT2D eigenvalue weighted by molar-refractivity contribution is 5.50. The third-order valence-electron chi connectivity index (χ3n) is 3.91. The van der Waals surface area contributed by atoms with Crippen LogP contribution in [0.15, 0.2) is 24.5 Å². The minimum Gasteiger partial charge on any atom is -0.497 e. The van der Waals surface area contributed by atoms with E-state index < -0.39 is 0 Å². The lowest BCUT2D eigenvalue weighted by atomic mass is 10.1. The van der Waals surface area contributed by atoms with Crippen molar-refractivity contribution in [3.05, 3.63) is 30.4 Å². The van der Waals surface area contributed by atoms with E-state index in [9.17, 15) is 0 Å². The molecule has 3 rings (SSSR count). The maximum absolute atomic E-state index is 5.23. The molecule has 18 heavy (non-hydrogen) atoms. The first-order valence-electron chi connectivity index (χ1n) is 6.48. The smallest absolute Gasteiger partial charge is 0.122 e. The van der Waals surface area contributed by atoms with Crippen LogP contribution in [0.2, 0.25) is 0 Å². The molecule has 0 aliphatic carbocycles. The first-order chi connectivity index (χ1) is 8.78. The molecule has 4 nitrogen and oxygen atoms in total. The second-order valence-corrected chi connectivity index (χ2v) is 5.02. The maximum atomic E-state index is 5.23. The SMILES string of the molecule is COc1ccn2c(CC3CCCN3C)ncc2c1. The number of hydrogen-bond donors (Lipinski definition) is 0. The van der Waals surface area contributed by atoms with E-state index in [1.807, 2.05) is 24.5 Å². The summed E-state index contributed by atoms with van der Waals surface area (Å²) in [5.41, 5.74) is 1.10. The fourth-order valence-electron chi connectivity index (χ4n) is 2.76. The molecule has 1 aliphatic heterocycles. The highest BCUT2D eigenvalue weighted by Gasteiger charge is 2.22. The lowest BCUT2D eigenvalue weighted by molar-refractivity contribution is 0.305. The molecule has 4 heteroatoms. The van der Waals surface area contributed by atoms with E-state index in [2.05, 4.69) is 21.3 Å². The van der Waals surface area contributed by atoms with E-state index in [4.69, 9.17) is 4.74 Å². The van der Waals surface area contributed by atoms with Crippen LogP contribution >= 0.6 is 0 Å². The molecule has 0 N–H and O–H groups in total. The number of ether oxygens (including phenoxy) is 1. The van der Waals surface area contributed by atoms with Gasteiger partial charge in [0.2, 0.25) is 0 Å². The lowest BCUT2D eigenvalue weighted by Crippen LogP contribution is -2.27. The minimum absolute atomic E-state index is 0.637. The molecule has 2 aromatic heterocycles. The summed E-state index contributed by atoms with van der Waals surface area (Å²) < 4.78 is 7.39. The quantitative estimate of drug-likeness (QED) is 0.828. The van der Waals surface area contributed by atoms with Gasteiger partial charge in [0.1, 0.15) is 11.6 Å². The Bertz CT molecular complexity index is 549. The Hall–Kier alpha value is -1.55. The lowest BCUT2D eigenvalue weighted by Gasteiger charge is -2.18. The molecule has 1 unspecified atom stereocenters. The highest BCUT2D eigenvalue weighted by Crippen LogP contribution is 2.21. The van der Waals surface area contributed by atoms with E-state index >= 15 is 0 Å². The molecule has 96 valence electrons. The van der Waals surface area contributed by atoms with E-state index in [0.29, 0.717) is 6.04 Å². The van der Waals surface area contributed by atoms with Crippen molar-refractivity contribution in [3.63, 3.8) is 0 Å². The standard InChI is InChI=1S/C14H19N3O/c1-16-6-3-4-11(16)9-14-15-10-12-8-13(18-2)5-7-17(12)14/h5,7-8,10-11H,3-4,6,9H2,1-2H3. The van der Waals surface area contributed by atoms with Crippen molar-refractivity contribution in [3.8, 4) is 5.75 Å². The average Bonchev–Trinajstić information content (AvgIpc) is 2.97. The molecule has 0 aromatic carbocycles. The highest BCUT2D eigenvalue weighted by atomic mass is 16.5. The van der Waals surface area contributed by atoms with Gasteiger partial charge in [-0.05, 0) is 32.5 Å². The van der Waals surface area contributed by atoms with Gasteiger partial charge in [0, 0.05) is 24.7 Å². The van der Waals surface area contributed by atoms with Crippen LogP contribution in [0.5, 0.6) is 5.75 Å². The molecule has 1 atom stereocenters. The largest absolute Gasteiger partial charge is 0.497 e. The summed E-state index contributed by atoms with van der Waals surface area (Å²) in [6, 6.07) is 4.64. The zero-order valence-corrected chi connectivity index (χ0v) is 11.0. The van der Waals surface area contributed by atoms with Crippen LogP contribution < -0.4 is 4.74 Å². The summed E-state index contributed by atoms with van der Waals surface area (Å²) in [6.07, 6.45) is 7.58. The molecular weight excluding hydrogens is 226 g/mol. The maximum Gasteiger partial charge on any atom is 0.122 e. The summed E-state index contributed by atoms with van der Waals surface area (Å²) in [5.74, 6) is 2.03. The second kappa shape index (κ2) is 4.61. The summed E-state index contributed by atoms with van der Waals surface area (Å²) >= 11 is 0. The number of nitrogens with zero attached hydrogens (tertiary/aromatic N) is 3. The number of imidazole rings is 1. The van der Waals surface area contributed by atoms with Crippen LogP contribution in [-0.4, -0.2) is 41.0 Å². The van der Waals surface area contributed by atoms with E-state index in [0.717, 1.165) is 23.5 Å². The molecule has 3 heterocycles. The van der Waals surface area contributed by atoms with Gasteiger partial charge in [-0.25, -0.2) is 4.98 Å². The third-order valence-corrected chi connectivity index (χ3v) is 3.91. The number of fused-ring (bicyclic) bond motifs is 1. The van der Waals surface area contributed by atoms with E-state index in [1.165, 1.54) is 19.4 Å². The Kier molecular flexibility index (Phi) is 2.96. The van der Waals surface area contributed by atoms with Crippen LogP contribution in [0.25, 0.3) is 5.52 Å². The van der Waals surface area contributed by atoms with Gasteiger partial charge in [-0.1, -0.05) is 0 Å². The predicted octanol–water partition coefficient (Wildman–Crippen LogP) is 1.98. The molecular formula is C14H19N3O. The molecule has 2 aromatic rings. The number of pyridine rings is 1. The first-order valence-corrected chi connectivity index (χ1v) is 6.48. The fourth-order valence-corrected chi connectivity index (χ4v) is 2.76. The number of aromatic nitrogens is 2. The number of likely N-dealkylation sites (tertiary alicyclic amines) is 1. The monoisotopic (exact) mass is 245 g/mol. The van der Waals surface area contributed by atoms with Gasteiger partial charge in [0.05, 0.1) is 18.8 Å². The summed E-state index contributed by atoms with van der Waals surface area (Å²) in [5, 5.41) is 0. The van der Waals surface area contributed by atoms with Crippen LogP contribution in [0.4, 0.5) is 0 Å². The molecule has 1 aliphatic rings. The van der Waals surface area contributed by atoms with Crippen molar-refractivity contribution in [1.29, 1.82) is 0 Å². The van der Waals surface area contributed by atoms with E-state index in [-0.39, 0.29) is 0 Å².